The van der Waals surface area contributed by atoms with Crippen LogP contribution < -0.4 is 14.8 Å². The van der Waals surface area contributed by atoms with Crippen LogP contribution in [0.3, 0.4) is 0 Å². The number of rotatable bonds is 6. The summed E-state index contributed by atoms with van der Waals surface area (Å²) in [6, 6.07) is 23.9. The first-order valence-electron chi connectivity index (χ1n) is 10.0. The minimum atomic E-state index is -0.138. The first-order valence-corrected chi connectivity index (χ1v) is 10.0. The molecule has 0 aromatic heterocycles. The first-order chi connectivity index (χ1) is 14.2. The first kappa shape index (κ1) is 19.1. The van der Waals surface area contributed by atoms with Gasteiger partial charge in [0.15, 0.2) is 11.5 Å². The van der Waals surface area contributed by atoms with E-state index in [0.29, 0.717) is 13.2 Å². The zero-order valence-corrected chi connectivity index (χ0v) is 16.6. The van der Waals surface area contributed by atoms with Gasteiger partial charge in [-0.15, -0.1) is 0 Å². The van der Waals surface area contributed by atoms with Gasteiger partial charge in [-0.3, -0.25) is 4.79 Å². The van der Waals surface area contributed by atoms with E-state index in [1.165, 1.54) is 5.56 Å². The number of hydrogen-bond acceptors (Lipinski definition) is 3. The molecular formula is C25H25NO3. The van der Waals surface area contributed by atoms with E-state index in [4.69, 9.17) is 9.47 Å². The molecule has 1 atom stereocenters. The second-order valence-corrected chi connectivity index (χ2v) is 7.24. The third-order valence-corrected chi connectivity index (χ3v) is 5.20. The van der Waals surface area contributed by atoms with Crippen molar-refractivity contribution in [3.8, 4) is 11.5 Å². The van der Waals surface area contributed by atoms with Gasteiger partial charge in [-0.05, 0) is 54.7 Å². The zero-order valence-electron chi connectivity index (χ0n) is 16.6. The average Bonchev–Trinajstić information content (AvgIpc) is 2.78. The van der Waals surface area contributed by atoms with Gasteiger partial charge >= 0.3 is 0 Å². The van der Waals surface area contributed by atoms with Crippen molar-refractivity contribution in [3.05, 3.63) is 95.1 Å². The van der Waals surface area contributed by atoms with Crippen LogP contribution in [0.1, 0.15) is 40.0 Å². The molecule has 148 valence electrons. The lowest BCUT2D eigenvalue weighted by Gasteiger charge is -2.21. The number of nitrogens with one attached hydrogen (secondary N) is 1. The molecule has 1 aliphatic heterocycles. The summed E-state index contributed by atoms with van der Waals surface area (Å²) in [4.78, 5) is 13.0. The second kappa shape index (κ2) is 8.82. The summed E-state index contributed by atoms with van der Waals surface area (Å²) in [5.41, 5.74) is 4.05. The fourth-order valence-electron chi connectivity index (χ4n) is 3.57. The van der Waals surface area contributed by atoms with Crippen LogP contribution in [0.4, 0.5) is 0 Å². The molecule has 0 spiro atoms. The summed E-state index contributed by atoms with van der Waals surface area (Å²) < 4.78 is 11.2. The van der Waals surface area contributed by atoms with Crippen LogP contribution in [0.5, 0.6) is 11.5 Å². The molecule has 1 aliphatic rings. The Hall–Kier alpha value is -3.27. The van der Waals surface area contributed by atoms with Crippen LogP contribution in [-0.2, 0) is 12.8 Å². The molecule has 0 saturated heterocycles. The molecule has 3 aromatic rings. The molecule has 0 bridgehead atoms. The summed E-state index contributed by atoms with van der Waals surface area (Å²) in [7, 11) is 0. The lowest BCUT2D eigenvalue weighted by atomic mass is 9.99. The number of fused-ring (bicyclic) bond motifs is 1. The minimum absolute atomic E-state index is 0.0592. The highest BCUT2D eigenvalue weighted by atomic mass is 16.6. The summed E-state index contributed by atoms with van der Waals surface area (Å²) in [6.07, 6.45) is 1.73. The third-order valence-electron chi connectivity index (χ3n) is 5.20. The van der Waals surface area contributed by atoms with Crippen LogP contribution in [0.25, 0.3) is 0 Å². The Morgan fingerprint density at radius 2 is 1.62 bits per heavy atom. The Bertz CT molecular complexity index is 984. The maximum Gasteiger partial charge on any atom is 0.252 e. The van der Waals surface area contributed by atoms with Gasteiger partial charge in [-0.2, -0.15) is 0 Å². The van der Waals surface area contributed by atoms with Crippen molar-refractivity contribution in [3.63, 3.8) is 0 Å². The lowest BCUT2D eigenvalue weighted by molar-refractivity contribution is 0.0938. The van der Waals surface area contributed by atoms with E-state index in [9.17, 15) is 4.79 Å². The third kappa shape index (κ3) is 4.60. The predicted octanol–water partition coefficient (Wildman–Crippen LogP) is 4.73. The molecule has 4 heteroatoms. The second-order valence-electron chi connectivity index (χ2n) is 7.24. The van der Waals surface area contributed by atoms with Crippen LogP contribution >= 0.6 is 0 Å². The molecule has 0 radical (unpaired) electrons. The Labute approximate surface area is 171 Å². The average molecular weight is 387 g/mol. The number of aryl methyl sites for hydroxylation is 2. The Morgan fingerprint density at radius 1 is 0.897 bits per heavy atom. The summed E-state index contributed by atoms with van der Waals surface area (Å²) in [5, 5.41) is 3.12. The molecule has 4 nitrogen and oxygen atoms in total. The molecule has 0 unspecified atom stereocenters. The number of amides is 1. The highest BCUT2D eigenvalue weighted by molar-refractivity contribution is 5.96. The smallest absolute Gasteiger partial charge is 0.252 e. The SMILES string of the molecule is C[C@H](NC(=O)c1ccccc1CCc1ccccc1)c1ccc2c(c1)OCCO2. The summed E-state index contributed by atoms with van der Waals surface area (Å²) in [6.45, 7) is 3.10. The molecule has 0 fully saturated rings. The van der Waals surface area contributed by atoms with Gasteiger partial charge < -0.3 is 14.8 Å². The standard InChI is InChI=1S/C25H25NO3/c1-18(21-13-14-23-24(17-21)29-16-15-28-23)26-25(27)22-10-6-5-9-20(22)12-11-19-7-3-2-4-8-19/h2-10,13-14,17-18H,11-12,15-16H2,1H3,(H,26,27)/t18-/m0/s1. The molecule has 4 rings (SSSR count). The van der Waals surface area contributed by atoms with Crippen molar-refractivity contribution in [2.45, 2.75) is 25.8 Å². The Morgan fingerprint density at radius 3 is 2.45 bits per heavy atom. The Balaban J connectivity index is 1.45. The minimum Gasteiger partial charge on any atom is -0.486 e. The predicted molar refractivity (Wildman–Crippen MR) is 114 cm³/mol. The van der Waals surface area contributed by atoms with Gasteiger partial charge in [0.05, 0.1) is 6.04 Å². The number of ether oxygens (including phenoxy) is 2. The van der Waals surface area contributed by atoms with Gasteiger partial charge in [0.25, 0.3) is 5.91 Å². The highest BCUT2D eigenvalue weighted by Gasteiger charge is 2.17. The molecule has 1 N–H and O–H groups in total. The van der Waals surface area contributed by atoms with Crippen molar-refractivity contribution in [1.29, 1.82) is 0 Å². The van der Waals surface area contributed by atoms with E-state index in [2.05, 4.69) is 17.4 Å². The fraction of sp³-hybridized carbons (Fsp3) is 0.240. The van der Waals surface area contributed by atoms with E-state index >= 15 is 0 Å². The van der Waals surface area contributed by atoms with Crippen molar-refractivity contribution in [2.24, 2.45) is 0 Å². The maximum atomic E-state index is 13.0. The summed E-state index contributed by atoms with van der Waals surface area (Å²) in [5.74, 6) is 1.43. The quantitative estimate of drug-likeness (QED) is 0.665. The van der Waals surface area contributed by atoms with Crippen molar-refractivity contribution in [1.82, 2.24) is 5.32 Å². The van der Waals surface area contributed by atoms with Crippen molar-refractivity contribution >= 4 is 5.91 Å². The van der Waals surface area contributed by atoms with Crippen LogP contribution in [0.2, 0.25) is 0 Å². The van der Waals surface area contributed by atoms with E-state index < -0.39 is 0 Å². The number of carbonyl (C=O) groups excluding carboxylic acids is 1. The molecule has 0 saturated carbocycles. The normalized spacial score (nSPS) is 13.6. The maximum absolute atomic E-state index is 13.0. The zero-order chi connectivity index (χ0) is 20.1. The topological polar surface area (TPSA) is 47.6 Å². The van der Waals surface area contributed by atoms with Gasteiger partial charge in [0.1, 0.15) is 13.2 Å². The van der Waals surface area contributed by atoms with Gasteiger partial charge in [0, 0.05) is 5.56 Å². The van der Waals surface area contributed by atoms with E-state index in [0.717, 1.165) is 41.0 Å². The number of benzene rings is 3. The van der Waals surface area contributed by atoms with Gasteiger partial charge in [-0.1, -0.05) is 54.6 Å². The lowest BCUT2D eigenvalue weighted by Crippen LogP contribution is -2.27. The molecule has 1 amide bonds. The van der Waals surface area contributed by atoms with E-state index in [1.807, 2.05) is 67.6 Å². The molecule has 3 aromatic carbocycles. The van der Waals surface area contributed by atoms with Gasteiger partial charge in [0.2, 0.25) is 0 Å². The largest absolute Gasteiger partial charge is 0.486 e. The van der Waals surface area contributed by atoms with E-state index in [1.54, 1.807) is 0 Å². The number of hydrogen-bond donors (Lipinski definition) is 1. The van der Waals surface area contributed by atoms with Crippen molar-refractivity contribution in [2.75, 3.05) is 13.2 Å². The van der Waals surface area contributed by atoms with Crippen LogP contribution in [0, 0.1) is 0 Å². The highest BCUT2D eigenvalue weighted by Crippen LogP contribution is 2.32. The molecule has 1 heterocycles. The van der Waals surface area contributed by atoms with Crippen LogP contribution in [-0.4, -0.2) is 19.1 Å². The van der Waals surface area contributed by atoms with Gasteiger partial charge in [-0.25, -0.2) is 0 Å². The molecular weight excluding hydrogens is 362 g/mol. The Kier molecular flexibility index (Phi) is 5.80. The molecule has 0 aliphatic carbocycles. The number of carbonyl (C=O) groups is 1. The monoisotopic (exact) mass is 387 g/mol. The fourth-order valence-corrected chi connectivity index (χ4v) is 3.57. The molecule has 29 heavy (non-hydrogen) atoms. The van der Waals surface area contributed by atoms with Crippen molar-refractivity contribution < 1.29 is 14.3 Å². The summed E-state index contributed by atoms with van der Waals surface area (Å²) >= 11 is 0. The van der Waals surface area contributed by atoms with E-state index in [-0.39, 0.29) is 11.9 Å². The van der Waals surface area contributed by atoms with Crippen LogP contribution in [0.15, 0.2) is 72.8 Å².